The molecule has 1 aliphatic heterocycles. The number of ether oxygens (including phenoxy) is 1. The summed E-state index contributed by atoms with van der Waals surface area (Å²) in [6.07, 6.45) is -0.541. The number of aliphatic carboxylic acids is 1. The molecule has 1 aliphatic carbocycles. The first-order valence-electron chi connectivity index (χ1n) is 11.0. The zero-order chi connectivity index (χ0) is 26.2. The number of carboxylic acids is 1. The smallest absolute Gasteiger partial charge is 0.490 e. The van der Waals surface area contributed by atoms with Crippen LogP contribution >= 0.6 is 11.6 Å². The quantitative estimate of drug-likeness (QED) is 0.566. The van der Waals surface area contributed by atoms with Gasteiger partial charge in [-0.05, 0) is 31.0 Å². The summed E-state index contributed by atoms with van der Waals surface area (Å²) in [6, 6.07) is 4.36. The number of piperazine rings is 1. The van der Waals surface area contributed by atoms with Crippen LogP contribution in [0.15, 0.2) is 23.1 Å². The molecule has 0 spiro atoms. The molecule has 2 N–H and O–H groups in total. The van der Waals surface area contributed by atoms with Crippen LogP contribution < -0.4 is 10.1 Å². The van der Waals surface area contributed by atoms with Crippen molar-refractivity contribution in [2.75, 3.05) is 39.8 Å². The number of sulfonamides is 1. The largest absolute Gasteiger partial charge is 0.495 e. The standard InChI is InChI=1S/C19H28ClN3O4S.C2HF3O2/c1-27-17-8-7-15(20)13-18(17)28(25,26)23(16-5-3-2-4-6-16)14-19(24)22-11-9-21-10-12-22;3-2(4,5)1(6)7/h7-8,13,16,21H,2-6,9-12,14H2,1H3;(H,6,7). The Morgan fingerprint density at radius 3 is 2.29 bits per heavy atom. The van der Waals surface area contributed by atoms with Crippen molar-refractivity contribution < 1.29 is 41.0 Å². The molecule has 1 amide bonds. The number of carbonyl (C=O) groups excluding carboxylic acids is 1. The summed E-state index contributed by atoms with van der Waals surface area (Å²) in [5.74, 6) is -2.68. The maximum absolute atomic E-state index is 13.6. The Hall–Kier alpha value is -2.09. The molecule has 0 atom stereocenters. The van der Waals surface area contributed by atoms with Crippen LogP contribution in [0.2, 0.25) is 5.02 Å². The molecule has 1 heterocycles. The molecule has 35 heavy (non-hydrogen) atoms. The van der Waals surface area contributed by atoms with Gasteiger partial charge in [0.2, 0.25) is 15.9 Å². The molecule has 1 saturated heterocycles. The molecule has 2 fully saturated rings. The van der Waals surface area contributed by atoms with Gasteiger partial charge in [-0.3, -0.25) is 4.79 Å². The van der Waals surface area contributed by atoms with E-state index >= 15 is 0 Å². The minimum atomic E-state index is -5.08. The first-order valence-corrected chi connectivity index (χ1v) is 12.8. The summed E-state index contributed by atoms with van der Waals surface area (Å²) in [4.78, 5) is 23.5. The lowest BCUT2D eigenvalue weighted by atomic mass is 9.95. The Labute approximate surface area is 207 Å². The average molecular weight is 544 g/mol. The fourth-order valence-electron chi connectivity index (χ4n) is 3.91. The number of halogens is 4. The highest BCUT2D eigenvalue weighted by Gasteiger charge is 2.38. The number of hydrogen-bond acceptors (Lipinski definition) is 6. The Kier molecular flexibility index (Phi) is 10.6. The topological polar surface area (TPSA) is 116 Å². The number of rotatable bonds is 6. The number of carbonyl (C=O) groups is 2. The first-order chi connectivity index (χ1) is 16.4. The van der Waals surface area contributed by atoms with E-state index in [2.05, 4.69) is 5.32 Å². The van der Waals surface area contributed by atoms with Crippen molar-refractivity contribution >= 4 is 33.5 Å². The Morgan fingerprint density at radius 2 is 1.77 bits per heavy atom. The van der Waals surface area contributed by atoms with E-state index in [1.54, 1.807) is 17.0 Å². The average Bonchev–Trinajstić information content (AvgIpc) is 2.83. The summed E-state index contributed by atoms with van der Waals surface area (Å²) in [6.45, 7) is 2.49. The third-order valence-corrected chi connectivity index (χ3v) is 7.85. The molecular formula is C21H29ClF3N3O6S. The first kappa shape index (κ1) is 29.1. The van der Waals surface area contributed by atoms with Gasteiger partial charge < -0.3 is 20.1 Å². The van der Waals surface area contributed by atoms with Crippen molar-refractivity contribution in [3.63, 3.8) is 0 Å². The van der Waals surface area contributed by atoms with Crippen LogP contribution in [-0.2, 0) is 19.6 Å². The predicted molar refractivity (Wildman–Crippen MR) is 122 cm³/mol. The highest BCUT2D eigenvalue weighted by atomic mass is 35.5. The molecule has 0 aromatic heterocycles. The SMILES string of the molecule is COc1ccc(Cl)cc1S(=O)(=O)N(CC(=O)N1CCNCC1)C1CCCCC1.O=C(O)C(F)(F)F. The number of carboxylic acid groups (broad SMARTS) is 1. The molecule has 0 radical (unpaired) electrons. The van der Waals surface area contributed by atoms with Crippen molar-refractivity contribution in [3.8, 4) is 5.75 Å². The maximum atomic E-state index is 13.6. The van der Waals surface area contributed by atoms with E-state index in [-0.39, 0.29) is 29.1 Å². The van der Waals surface area contributed by atoms with Crippen LogP contribution in [0.4, 0.5) is 13.2 Å². The fraction of sp³-hybridized carbons (Fsp3) is 0.619. The van der Waals surface area contributed by atoms with E-state index in [4.69, 9.17) is 26.2 Å². The highest BCUT2D eigenvalue weighted by molar-refractivity contribution is 7.89. The van der Waals surface area contributed by atoms with Crippen LogP contribution in [0.5, 0.6) is 5.75 Å². The van der Waals surface area contributed by atoms with Crippen LogP contribution in [0.1, 0.15) is 32.1 Å². The lowest BCUT2D eigenvalue weighted by Gasteiger charge is -2.35. The maximum Gasteiger partial charge on any atom is 0.490 e. The van der Waals surface area contributed by atoms with Gasteiger partial charge in [-0.2, -0.15) is 17.5 Å². The number of nitrogens with one attached hydrogen (secondary N) is 1. The van der Waals surface area contributed by atoms with Crippen LogP contribution in [-0.4, -0.2) is 86.7 Å². The van der Waals surface area contributed by atoms with Gasteiger partial charge in [-0.15, -0.1) is 0 Å². The van der Waals surface area contributed by atoms with Gasteiger partial charge >= 0.3 is 12.1 Å². The molecule has 9 nitrogen and oxygen atoms in total. The third-order valence-electron chi connectivity index (χ3n) is 5.70. The molecule has 2 aliphatic rings. The Bertz CT molecular complexity index is 981. The summed E-state index contributed by atoms with van der Waals surface area (Å²) in [5.41, 5.74) is 0. The van der Waals surface area contributed by atoms with Gasteiger partial charge in [-0.25, -0.2) is 13.2 Å². The lowest BCUT2D eigenvalue weighted by Crippen LogP contribution is -2.52. The van der Waals surface area contributed by atoms with Gasteiger partial charge in [0.1, 0.15) is 10.6 Å². The number of alkyl halides is 3. The van der Waals surface area contributed by atoms with Crippen molar-refractivity contribution in [3.05, 3.63) is 23.2 Å². The lowest BCUT2D eigenvalue weighted by molar-refractivity contribution is -0.192. The van der Waals surface area contributed by atoms with Crippen molar-refractivity contribution in [2.45, 2.75) is 49.2 Å². The summed E-state index contributed by atoms with van der Waals surface area (Å²) >= 11 is 6.08. The van der Waals surface area contributed by atoms with Gasteiger partial charge in [0, 0.05) is 37.2 Å². The normalized spacial score (nSPS) is 17.5. The van der Waals surface area contributed by atoms with Crippen LogP contribution in [0.25, 0.3) is 0 Å². The molecule has 0 unspecified atom stereocenters. The molecule has 1 aromatic carbocycles. The third kappa shape index (κ3) is 8.23. The van der Waals surface area contributed by atoms with Gasteiger partial charge in [0.05, 0.1) is 13.7 Å². The van der Waals surface area contributed by atoms with Crippen LogP contribution in [0, 0.1) is 0 Å². The molecule has 0 bridgehead atoms. The molecule has 14 heteroatoms. The minimum absolute atomic E-state index is 0.0150. The number of nitrogens with zero attached hydrogens (tertiary/aromatic N) is 2. The Morgan fingerprint density at radius 1 is 1.20 bits per heavy atom. The second-order valence-electron chi connectivity index (χ2n) is 8.07. The van der Waals surface area contributed by atoms with Gasteiger partial charge in [0.25, 0.3) is 0 Å². The monoisotopic (exact) mass is 543 g/mol. The second-order valence-corrected chi connectivity index (χ2v) is 10.4. The summed E-state index contributed by atoms with van der Waals surface area (Å²) < 4.78 is 65.6. The van der Waals surface area contributed by atoms with Gasteiger partial charge in [-0.1, -0.05) is 30.9 Å². The molecule has 1 saturated carbocycles. The van der Waals surface area contributed by atoms with E-state index in [9.17, 15) is 26.4 Å². The highest BCUT2D eigenvalue weighted by Crippen LogP contribution is 2.33. The van der Waals surface area contributed by atoms with Crippen molar-refractivity contribution in [1.82, 2.24) is 14.5 Å². The number of hydrogen-bond donors (Lipinski definition) is 2. The number of benzene rings is 1. The predicted octanol–water partition coefficient (Wildman–Crippen LogP) is 2.74. The second kappa shape index (κ2) is 12.7. The van der Waals surface area contributed by atoms with E-state index < -0.39 is 22.2 Å². The molecule has 198 valence electrons. The number of methoxy groups -OCH3 is 1. The Balaban J connectivity index is 0.000000540. The molecule has 1 aromatic rings. The van der Waals surface area contributed by atoms with E-state index in [1.165, 1.54) is 17.5 Å². The van der Waals surface area contributed by atoms with Crippen LogP contribution in [0.3, 0.4) is 0 Å². The summed E-state index contributed by atoms with van der Waals surface area (Å²) in [7, 11) is -2.51. The van der Waals surface area contributed by atoms with E-state index in [1.807, 2.05) is 0 Å². The van der Waals surface area contributed by atoms with E-state index in [0.717, 1.165) is 45.2 Å². The summed E-state index contributed by atoms with van der Waals surface area (Å²) in [5, 5.41) is 10.6. The van der Waals surface area contributed by atoms with Crippen molar-refractivity contribution in [2.24, 2.45) is 0 Å². The molecular weight excluding hydrogens is 515 g/mol. The number of amides is 1. The van der Waals surface area contributed by atoms with Gasteiger partial charge in [0.15, 0.2) is 0 Å². The van der Waals surface area contributed by atoms with Crippen molar-refractivity contribution in [1.29, 1.82) is 0 Å². The minimum Gasteiger partial charge on any atom is -0.495 e. The zero-order valence-corrected chi connectivity index (χ0v) is 20.8. The molecule has 3 rings (SSSR count). The fourth-order valence-corrected chi connectivity index (χ4v) is 5.96. The zero-order valence-electron chi connectivity index (χ0n) is 19.2. The van der Waals surface area contributed by atoms with E-state index in [0.29, 0.717) is 18.1 Å².